The lowest BCUT2D eigenvalue weighted by Crippen LogP contribution is -2.16. The molecule has 0 bridgehead atoms. The number of carboxylic acid groups (broad SMARTS) is 1. The molecular formula is C13H19NO2. The average molecular weight is 221 g/mol. The standard InChI is InChI=1S/C13H19NO2/c1-10(7-8-14)9-12(13(15)16)11-5-3-2-4-6-11/h2-6,10,12H,7-9,14H2,1H3,(H,15,16). The summed E-state index contributed by atoms with van der Waals surface area (Å²) >= 11 is 0. The van der Waals surface area contributed by atoms with Gasteiger partial charge in [0.2, 0.25) is 0 Å². The quantitative estimate of drug-likeness (QED) is 0.774. The minimum absolute atomic E-state index is 0.339. The van der Waals surface area contributed by atoms with E-state index in [0.29, 0.717) is 18.9 Å². The van der Waals surface area contributed by atoms with Crippen molar-refractivity contribution in [2.45, 2.75) is 25.7 Å². The molecule has 2 atom stereocenters. The van der Waals surface area contributed by atoms with Crippen molar-refractivity contribution in [3.05, 3.63) is 35.9 Å². The SMILES string of the molecule is CC(CCN)CC(C(=O)O)c1ccccc1. The summed E-state index contributed by atoms with van der Waals surface area (Å²) in [5, 5.41) is 9.21. The largest absolute Gasteiger partial charge is 0.481 e. The summed E-state index contributed by atoms with van der Waals surface area (Å²) in [5.74, 6) is -0.830. The van der Waals surface area contributed by atoms with Gasteiger partial charge in [-0.15, -0.1) is 0 Å². The molecule has 1 aromatic rings. The zero-order chi connectivity index (χ0) is 12.0. The van der Waals surface area contributed by atoms with Crippen LogP contribution in [0.2, 0.25) is 0 Å². The molecule has 0 fully saturated rings. The minimum atomic E-state index is -0.755. The van der Waals surface area contributed by atoms with Gasteiger partial charge in [-0.2, -0.15) is 0 Å². The predicted molar refractivity (Wildman–Crippen MR) is 64.3 cm³/mol. The maximum absolute atomic E-state index is 11.2. The monoisotopic (exact) mass is 221 g/mol. The lowest BCUT2D eigenvalue weighted by Gasteiger charge is -2.17. The van der Waals surface area contributed by atoms with Crippen molar-refractivity contribution in [2.24, 2.45) is 11.7 Å². The molecular weight excluding hydrogens is 202 g/mol. The average Bonchev–Trinajstić information content (AvgIpc) is 2.27. The summed E-state index contributed by atoms with van der Waals surface area (Å²) < 4.78 is 0. The zero-order valence-electron chi connectivity index (χ0n) is 9.60. The van der Waals surface area contributed by atoms with Crippen LogP contribution in [-0.4, -0.2) is 17.6 Å². The Morgan fingerprint density at radius 2 is 2.00 bits per heavy atom. The molecule has 3 nitrogen and oxygen atoms in total. The highest BCUT2D eigenvalue weighted by molar-refractivity contribution is 5.76. The van der Waals surface area contributed by atoms with Crippen molar-refractivity contribution in [2.75, 3.05) is 6.54 Å². The number of rotatable bonds is 6. The van der Waals surface area contributed by atoms with E-state index in [0.717, 1.165) is 12.0 Å². The van der Waals surface area contributed by atoms with E-state index in [9.17, 15) is 9.90 Å². The van der Waals surface area contributed by atoms with Gasteiger partial charge in [0, 0.05) is 0 Å². The molecule has 0 saturated heterocycles. The molecule has 0 amide bonds. The zero-order valence-corrected chi connectivity index (χ0v) is 9.60. The third kappa shape index (κ3) is 3.66. The number of benzene rings is 1. The van der Waals surface area contributed by atoms with Crippen molar-refractivity contribution in [3.8, 4) is 0 Å². The van der Waals surface area contributed by atoms with Gasteiger partial charge >= 0.3 is 5.97 Å². The summed E-state index contributed by atoms with van der Waals surface area (Å²) in [6, 6.07) is 9.38. The molecule has 0 aliphatic heterocycles. The summed E-state index contributed by atoms with van der Waals surface area (Å²) in [6.07, 6.45) is 1.52. The Morgan fingerprint density at radius 1 is 1.38 bits per heavy atom. The Bertz CT molecular complexity index is 324. The smallest absolute Gasteiger partial charge is 0.310 e. The Hall–Kier alpha value is -1.35. The first kappa shape index (κ1) is 12.7. The first-order chi connectivity index (χ1) is 7.65. The fourth-order valence-electron chi connectivity index (χ4n) is 1.87. The van der Waals surface area contributed by atoms with Crippen molar-refractivity contribution in [3.63, 3.8) is 0 Å². The van der Waals surface area contributed by atoms with Crippen LogP contribution < -0.4 is 5.73 Å². The molecule has 0 saturated carbocycles. The highest BCUT2D eigenvalue weighted by Gasteiger charge is 2.21. The Morgan fingerprint density at radius 3 is 2.50 bits per heavy atom. The van der Waals surface area contributed by atoms with E-state index in [4.69, 9.17) is 5.73 Å². The van der Waals surface area contributed by atoms with Gasteiger partial charge in [-0.1, -0.05) is 37.3 Å². The summed E-state index contributed by atoms with van der Waals surface area (Å²) in [6.45, 7) is 2.66. The molecule has 0 spiro atoms. The molecule has 0 radical (unpaired) electrons. The Balaban J connectivity index is 2.73. The van der Waals surface area contributed by atoms with Gasteiger partial charge in [-0.25, -0.2) is 0 Å². The van der Waals surface area contributed by atoms with Gasteiger partial charge in [-0.3, -0.25) is 4.79 Å². The molecule has 3 heteroatoms. The van der Waals surface area contributed by atoms with E-state index in [-0.39, 0.29) is 0 Å². The highest BCUT2D eigenvalue weighted by atomic mass is 16.4. The molecule has 0 aliphatic carbocycles. The van der Waals surface area contributed by atoms with Crippen LogP contribution in [0.25, 0.3) is 0 Å². The second kappa shape index (κ2) is 6.28. The van der Waals surface area contributed by atoms with Gasteiger partial charge in [0.1, 0.15) is 0 Å². The molecule has 1 aromatic carbocycles. The molecule has 0 aromatic heterocycles. The van der Waals surface area contributed by atoms with Crippen molar-refractivity contribution >= 4 is 5.97 Å². The van der Waals surface area contributed by atoms with Crippen molar-refractivity contribution in [1.82, 2.24) is 0 Å². The second-order valence-electron chi connectivity index (χ2n) is 4.22. The molecule has 16 heavy (non-hydrogen) atoms. The Kier molecular flexibility index (Phi) is 4.99. The minimum Gasteiger partial charge on any atom is -0.481 e. The number of carboxylic acids is 1. The number of carbonyl (C=O) groups is 1. The van der Waals surface area contributed by atoms with Crippen LogP contribution in [0.3, 0.4) is 0 Å². The first-order valence-electron chi connectivity index (χ1n) is 5.63. The topological polar surface area (TPSA) is 63.3 Å². The number of aliphatic carboxylic acids is 1. The van der Waals surface area contributed by atoms with E-state index in [2.05, 4.69) is 0 Å². The summed E-state index contributed by atoms with van der Waals surface area (Å²) in [7, 11) is 0. The summed E-state index contributed by atoms with van der Waals surface area (Å²) in [4.78, 5) is 11.2. The van der Waals surface area contributed by atoms with E-state index < -0.39 is 11.9 Å². The fourth-order valence-corrected chi connectivity index (χ4v) is 1.87. The van der Waals surface area contributed by atoms with E-state index >= 15 is 0 Å². The second-order valence-corrected chi connectivity index (χ2v) is 4.22. The first-order valence-corrected chi connectivity index (χ1v) is 5.63. The molecule has 1 rings (SSSR count). The molecule has 88 valence electrons. The number of hydrogen-bond acceptors (Lipinski definition) is 2. The van der Waals surface area contributed by atoms with Crippen LogP contribution in [0.4, 0.5) is 0 Å². The van der Waals surface area contributed by atoms with Gasteiger partial charge in [0.05, 0.1) is 5.92 Å². The van der Waals surface area contributed by atoms with Gasteiger partial charge in [0.25, 0.3) is 0 Å². The Labute approximate surface area is 96.3 Å². The van der Waals surface area contributed by atoms with E-state index in [1.54, 1.807) is 0 Å². The lowest BCUT2D eigenvalue weighted by atomic mass is 9.88. The van der Waals surface area contributed by atoms with Crippen LogP contribution in [0, 0.1) is 5.92 Å². The van der Waals surface area contributed by atoms with Crippen LogP contribution in [0.5, 0.6) is 0 Å². The number of hydrogen-bond donors (Lipinski definition) is 2. The van der Waals surface area contributed by atoms with E-state index in [1.165, 1.54) is 0 Å². The van der Waals surface area contributed by atoms with Gasteiger partial charge in [-0.05, 0) is 30.9 Å². The van der Waals surface area contributed by atoms with Gasteiger partial charge < -0.3 is 10.8 Å². The van der Waals surface area contributed by atoms with Crippen LogP contribution in [0.15, 0.2) is 30.3 Å². The van der Waals surface area contributed by atoms with Crippen LogP contribution >= 0.6 is 0 Å². The van der Waals surface area contributed by atoms with Crippen molar-refractivity contribution < 1.29 is 9.90 Å². The molecule has 2 unspecified atom stereocenters. The summed E-state index contributed by atoms with van der Waals surface area (Å²) in [5.41, 5.74) is 6.35. The molecule has 0 aliphatic rings. The van der Waals surface area contributed by atoms with E-state index in [1.807, 2.05) is 37.3 Å². The van der Waals surface area contributed by atoms with Crippen LogP contribution in [-0.2, 0) is 4.79 Å². The predicted octanol–water partition coefficient (Wildman–Crippen LogP) is 2.23. The highest BCUT2D eigenvalue weighted by Crippen LogP contribution is 2.25. The molecule has 3 N–H and O–H groups in total. The van der Waals surface area contributed by atoms with Crippen LogP contribution in [0.1, 0.15) is 31.2 Å². The fraction of sp³-hybridized carbons (Fsp3) is 0.462. The maximum atomic E-state index is 11.2. The van der Waals surface area contributed by atoms with Crippen molar-refractivity contribution in [1.29, 1.82) is 0 Å². The molecule has 0 heterocycles. The maximum Gasteiger partial charge on any atom is 0.310 e. The normalized spacial score (nSPS) is 14.4. The third-order valence-electron chi connectivity index (χ3n) is 2.80. The lowest BCUT2D eigenvalue weighted by molar-refractivity contribution is -0.139. The number of nitrogens with two attached hydrogens (primary N) is 1. The third-order valence-corrected chi connectivity index (χ3v) is 2.80. The van der Waals surface area contributed by atoms with Gasteiger partial charge in [0.15, 0.2) is 0 Å².